The average Bonchev–Trinajstić information content (AvgIpc) is 3.29. The maximum atomic E-state index is 13.8. The molecule has 2 aromatic heterocycles. The molecule has 7 nitrogen and oxygen atoms in total. The number of amides is 1. The van der Waals surface area contributed by atoms with Crippen molar-refractivity contribution in [2.75, 3.05) is 19.1 Å². The summed E-state index contributed by atoms with van der Waals surface area (Å²) in [4.78, 5) is 34.6. The summed E-state index contributed by atoms with van der Waals surface area (Å²) < 4.78 is 17.2. The minimum atomic E-state index is -0.774. The number of anilines is 1. The molecule has 1 atom stereocenters. The van der Waals surface area contributed by atoms with Gasteiger partial charge in [0.2, 0.25) is 5.76 Å². The lowest BCUT2D eigenvalue weighted by Crippen LogP contribution is -2.29. The van der Waals surface area contributed by atoms with Gasteiger partial charge < -0.3 is 13.9 Å². The van der Waals surface area contributed by atoms with Crippen molar-refractivity contribution in [2.24, 2.45) is 0 Å². The van der Waals surface area contributed by atoms with Crippen molar-refractivity contribution >= 4 is 33.3 Å². The molecule has 0 saturated carbocycles. The first-order valence-corrected chi connectivity index (χ1v) is 11.2. The first kappa shape index (κ1) is 21.2. The van der Waals surface area contributed by atoms with Crippen LogP contribution in [0.2, 0.25) is 0 Å². The number of rotatable bonds is 4. The second-order valence-corrected chi connectivity index (χ2v) is 9.15. The van der Waals surface area contributed by atoms with E-state index >= 15 is 0 Å². The molecule has 8 heteroatoms. The maximum Gasteiger partial charge on any atom is 0.297 e. The topological polar surface area (TPSA) is 81.9 Å². The summed E-state index contributed by atoms with van der Waals surface area (Å²) in [7, 11) is 3.08. The van der Waals surface area contributed by atoms with E-state index in [2.05, 4.69) is 4.98 Å². The lowest BCUT2D eigenvalue weighted by Gasteiger charge is -2.25. The van der Waals surface area contributed by atoms with E-state index in [9.17, 15) is 9.59 Å². The number of carbonyl (C=O) groups excluding carboxylic acids is 1. The first-order chi connectivity index (χ1) is 15.8. The van der Waals surface area contributed by atoms with Crippen LogP contribution in [0.3, 0.4) is 0 Å². The van der Waals surface area contributed by atoms with Crippen molar-refractivity contribution in [3.8, 4) is 11.5 Å². The van der Waals surface area contributed by atoms with E-state index in [4.69, 9.17) is 13.9 Å². The normalized spacial score (nSPS) is 15.2. The number of para-hydroxylation sites is 1. The SMILES string of the molecule is COc1cccc([C@H]2c3c(oc4ccc(C)cc4c3=O)C(=O)N2c2nc(C)c(C)s2)c1OC. The van der Waals surface area contributed by atoms with E-state index in [1.165, 1.54) is 23.3 Å². The fourth-order valence-electron chi connectivity index (χ4n) is 4.26. The molecule has 0 radical (unpaired) electrons. The highest BCUT2D eigenvalue weighted by atomic mass is 32.1. The number of aromatic nitrogens is 1. The minimum Gasteiger partial charge on any atom is -0.493 e. The zero-order valence-electron chi connectivity index (χ0n) is 18.9. The van der Waals surface area contributed by atoms with Gasteiger partial charge in [-0.05, 0) is 39.0 Å². The minimum absolute atomic E-state index is 0.0248. The van der Waals surface area contributed by atoms with Crippen LogP contribution in [-0.2, 0) is 0 Å². The Hall–Kier alpha value is -3.65. The van der Waals surface area contributed by atoms with Gasteiger partial charge in [0, 0.05) is 10.4 Å². The highest BCUT2D eigenvalue weighted by molar-refractivity contribution is 7.15. The second-order valence-electron chi connectivity index (χ2n) is 7.97. The summed E-state index contributed by atoms with van der Waals surface area (Å²) in [6.45, 7) is 5.75. The summed E-state index contributed by atoms with van der Waals surface area (Å²) in [5.41, 5.74) is 2.78. The van der Waals surface area contributed by atoms with E-state index in [0.717, 1.165) is 16.1 Å². The van der Waals surface area contributed by atoms with Crippen LogP contribution in [0.1, 0.15) is 43.9 Å². The van der Waals surface area contributed by atoms with E-state index in [0.29, 0.717) is 33.2 Å². The number of fused-ring (bicyclic) bond motifs is 2. The third-order valence-corrected chi connectivity index (χ3v) is 7.05. The number of benzene rings is 2. The monoisotopic (exact) mass is 462 g/mol. The van der Waals surface area contributed by atoms with Crippen LogP contribution in [0.5, 0.6) is 11.5 Å². The van der Waals surface area contributed by atoms with Crippen molar-refractivity contribution < 1.29 is 18.7 Å². The number of methoxy groups -OCH3 is 2. The predicted molar refractivity (Wildman–Crippen MR) is 127 cm³/mol. The quantitative estimate of drug-likeness (QED) is 0.427. The molecule has 1 aliphatic rings. The predicted octanol–water partition coefficient (Wildman–Crippen LogP) is 4.94. The summed E-state index contributed by atoms with van der Waals surface area (Å²) in [6.07, 6.45) is 0. The van der Waals surface area contributed by atoms with Crippen molar-refractivity contribution in [1.29, 1.82) is 0 Å². The third-order valence-electron chi connectivity index (χ3n) is 5.98. The number of aryl methyl sites for hydroxylation is 3. The van der Waals surface area contributed by atoms with Crippen LogP contribution in [0, 0.1) is 20.8 Å². The Kier molecular flexibility index (Phi) is 4.97. The number of thiazole rings is 1. The molecule has 0 fully saturated rings. The average molecular weight is 463 g/mol. The van der Waals surface area contributed by atoms with E-state index in [-0.39, 0.29) is 16.8 Å². The molecule has 1 aliphatic heterocycles. The van der Waals surface area contributed by atoms with Crippen molar-refractivity contribution in [1.82, 2.24) is 4.98 Å². The molecule has 0 aliphatic carbocycles. The van der Waals surface area contributed by atoms with Gasteiger partial charge in [-0.1, -0.05) is 23.8 Å². The Morgan fingerprint density at radius 1 is 1.06 bits per heavy atom. The number of hydrogen-bond donors (Lipinski definition) is 0. The molecule has 2 aromatic carbocycles. The number of hydrogen-bond acceptors (Lipinski definition) is 7. The standard InChI is InChI=1S/C25H22N2O5S/c1-12-9-10-17-16(11-12)21(28)19-20(15-7-6-8-18(30-4)22(15)31-5)27(24(29)23(19)32-17)25-26-13(2)14(3)33-25/h6-11,20H,1-5H3/t20-/m0/s1. The number of ether oxygens (including phenoxy) is 2. The Balaban J connectivity index is 1.87. The molecule has 33 heavy (non-hydrogen) atoms. The molecule has 1 amide bonds. The van der Waals surface area contributed by atoms with Crippen LogP contribution in [0.25, 0.3) is 11.0 Å². The molecule has 5 rings (SSSR count). The summed E-state index contributed by atoms with van der Waals surface area (Å²) in [5, 5.41) is 0.928. The van der Waals surface area contributed by atoms with Gasteiger partial charge in [0.15, 0.2) is 22.1 Å². The van der Waals surface area contributed by atoms with E-state index in [1.54, 1.807) is 25.3 Å². The molecule has 0 spiro atoms. The zero-order chi connectivity index (χ0) is 23.4. The van der Waals surface area contributed by atoms with Gasteiger partial charge in [0.1, 0.15) is 11.6 Å². The number of nitrogens with zero attached hydrogens (tertiary/aromatic N) is 2. The third kappa shape index (κ3) is 3.13. The van der Waals surface area contributed by atoms with Gasteiger partial charge >= 0.3 is 0 Å². The zero-order valence-corrected chi connectivity index (χ0v) is 19.7. The van der Waals surface area contributed by atoms with E-state index in [1.807, 2.05) is 39.0 Å². The molecule has 0 unspecified atom stereocenters. The Labute approximate surface area is 194 Å². The Morgan fingerprint density at radius 3 is 2.52 bits per heavy atom. The van der Waals surface area contributed by atoms with Crippen LogP contribution >= 0.6 is 11.3 Å². The van der Waals surface area contributed by atoms with Crippen molar-refractivity contribution in [3.05, 3.63) is 79.6 Å². The highest BCUT2D eigenvalue weighted by Gasteiger charge is 2.46. The summed E-state index contributed by atoms with van der Waals surface area (Å²) in [5.74, 6) is 0.567. The van der Waals surface area contributed by atoms with Gasteiger partial charge in [-0.15, -0.1) is 11.3 Å². The van der Waals surface area contributed by atoms with Gasteiger partial charge in [-0.2, -0.15) is 0 Å². The highest BCUT2D eigenvalue weighted by Crippen LogP contribution is 2.47. The van der Waals surface area contributed by atoms with Gasteiger partial charge in [0.25, 0.3) is 5.91 Å². The van der Waals surface area contributed by atoms with Crippen LogP contribution < -0.4 is 19.8 Å². The molecule has 168 valence electrons. The molecule has 3 heterocycles. The molecule has 0 saturated heterocycles. The first-order valence-electron chi connectivity index (χ1n) is 10.4. The fourth-order valence-corrected chi connectivity index (χ4v) is 5.20. The maximum absolute atomic E-state index is 13.8. The molecular weight excluding hydrogens is 440 g/mol. The van der Waals surface area contributed by atoms with Crippen molar-refractivity contribution in [3.63, 3.8) is 0 Å². The Bertz CT molecular complexity index is 1470. The largest absolute Gasteiger partial charge is 0.493 e. The lowest BCUT2D eigenvalue weighted by atomic mass is 9.97. The van der Waals surface area contributed by atoms with E-state index < -0.39 is 11.9 Å². The summed E-state index contributed by atoms with van der Waals surface area (Å²) >= 11 is 1.40. The lowest BCUT2D eigenvalue weighted by molar-refractivity contribution is 0.0970. The number of carbonyl (C=O) groups is 1. The molecular formula is C25H22N2O5S. The fraction of sp³-hybridized carbons (Fsp3) is 0.240. The van der Waals surface area contributed by atoms with Gasteiger partial charge in [0.05, 0.1) is 30.9 Å². The Morgan fingerprint density at radius 2 is 1.85 bits per heavy atom. The van der Waals surface area contributed by atoms with Crippen LogP contribution in [0.4, 0.5) is 5.13 Å². The smallest absolute Gasteiger partial charge is 0.297 e. The van der Waals surface area contributed by atoms with Gasteiger partial charge in [-0.3, -0.25) is 14.5 Å². The molecule has 0 bridgehead atoms. The van der Waals surface area contributed by atoms with Crippen LogP contribution in [-0.4, -0.2) is 25.1 Å². The molecule has 4 aromatic rings. The van der Waals surface area contributed by atoms with Crippen molar-refractivity contribution in [2.45, 2.75) is 26.8 Å². The van der Waals surface area contributed by atoms with Gasteiger partial charge in [-0.25, -0.2) is 4.98 Å². The summed E-state index contributed by atoms with van der Waals surface area (Å²) in [6, 6.07) is 9.99. The second kappa shape index (κ2) is 7.74. The van der Waals surface area contributed by atoms with Crippen LogP contribution in [0.15, 0.2) is 45.6 Å². The molecule has 0 N–H and O–H groups in total.